The second-order valence-corrected chi connectivity index (χ2v) is 7.87. The highest BCUT2D eigenvalue weighted by Gasteiger charge is 2.26. The Balaban J connectivity index is 1.89. The highest BCUT2D eigenvalue weighted by atomic mass is 16.4. The first kappa shape index (κ1) is 21.7. The van der Waals surface area contributed by atoms with Crippen molar-refractivity contribution < 1.29 is 19.5 Å². The molecule has 1 aromatic carbocycles. The largest absolute Gasteiger partial charge is 0.481 e. The molecule has 1 heterocycles. The van der Waals surface area contributed by atoms with Gasteiger partial charge in [0.1, 0.15) is 0 Å². The Hall–Kier alpha value is -2.57. The molecule has 2 unspecified atom stereocenters. The summed E-state index contributed by atoms with van der Waals surface area (Å²) >= 11 is 0. The number of aliphatic carboxylic acids is 1. The number of rotatable bonds is 8. The minimum Gasteiger partial charge on any atom is -0.481 e. The molecule has 0 spiro atoms. The molecule has 2 atom stereocenters. The predicted molar refractivity (Wildman–Crippen MR) is 107 cm³/mol. The van der Waals surface area contributed by atoms with Gasteiger partial charge >= 0.3 is 12.0 Å². The third kappa shape index (κ3) is 7.21. The van der Waals surface area contributed by atoms with Crippen molar-refractivity contribution in [3.63, 3.8) is 0 Å². The van der Waals surface area contributed by atoms with Gasteiger partial charge in [-0.3, -0.25) is 9.59 Å². The van der Waals surface area contributed by atoms with Gasteiger partial charge in [0.25, 0.3) is 0 Å². The maximum Gasteiger partial charge on any atom is 0.317 e. The van der Waals surface area contributed by atoms with Crippen molar-refractivity contribution in [1.29, 1.82) is 0 Å². The maximum atomic E-state index is 12.5. The van der Waals surface area contributed by atoms with Crippen LogP contribution in [0, 0.1) is 11.8 Å². The van der Waals surface area contributed by atoms with Gasteiger partial charge in [-0.2, -0.15) is 0 Å². The summed E-state index contributed by atoms with van der Waals surface area (Å²) in [4.78, 5) is 37.8. The van der Waals surface area contributed by atoms with E-state index in [2.05, 4.69) is 10.6 Å². The zero-order valence-corrected chi connectivity index (χ0v) is 16.7. The van der Waals surface area contributed by atoms with Crippen molar-refractivity contribution in [2.75, 3.05) is 19.6 Å². The Kier molecular flexibility index (Phi) is 8.29. The molecule has 154 valence electrons. The molecule has 28 heavy (non-hydrogen) atoms. The summed E-state index contributed by atoms with van der Waals surface area (Å²) < 4.78 is 0. The molecule has 7 nitrogen and oxygen atoms in total. The van der Waals surface area contributed by atoms with Crippen LogP contribution in [0.15, 0.2) is 30.3 Å². The third-order valence-corrected chi connectivity index (χ3v) is 4.86. The lowest BCUT2D eigenvalue weighted by molar-refractivity contribution is -0.137. The zero-order valence-electron chi connectivity index (χ0n) is 16.7. The molecule has 7 heteroatoms. The fourth-order valence-corrected chi connectivity index (χ4v) is 3.45. The van der Waals surface area contributed by atoms with Crippen LogP contribution in [0.2, 0.25) is 0 Å². The van der Waals surface area contributed by atoms with E-state index in [-0.39, 0.29) is 30.7 Å². The van der Waals surface area contributed by atoms with Crippen molar-refractivity contribution in [3.05, 3.63) is 35.9 Å². The fraction of sp³-hybridized carbons (Fsp3) is 0.571. The number of nitrogens with zero attached hydrogens (tertiary/aromatic N) is 1. The second-order valence-electron chi connectivity index (χ2n) is 7.87. The van der Waals surface area contributed by atoms with Crippen molar-refractivity contribution in [3.8, 4) is 0 Å². The van der Waals surface area contributed by atoms with Crippen molar-refractivity contribution in [2.45, 2.75) is 45.6 Å². The van der Waals surface area contributed by atoms with E-state index in [1.165, 1.54) is 0 Å². The molecule has 3 amide bonds. The monoisotopic (exact) mass is 389 g/mol. The van der Waals surface area contributed by atoms with Crippen LogP contribution in [0.5, 0.6) is 0 Å². The summed E-state index contributed by atoms with van der Waals surface area (Å²) in [5, 5.41) is 14.9. The summed E-state index contributed by atoms with van der Waals surface area (Å²) in [6.45, 7) is 5.97. The normalized spacial score (nSPS) is 17.8. The minimum atomic E-state index is -0.959. The molecule has 1 fully saturated rings. The number of carbonyl (C=O) groups is 3. The van der Waals surface area contributed by atoms with E-state index in [4.69, 9.17) is 5.11 Å². The predicted octanol–water partition coefficient (Wildman–Crippen LogP) is 2.79. The van der Waals surface area contributed by atoms with E-state index in [1.807, 2.05) is 44.2 Å². The Morgan fingerprint density at radius 1 is 1.21 bits per heavy atom. The van der Waals surface area contributed by atoms with Gasteiger partial charge in [0.15, 0.2) is 0 Å². The van der Waals surface area contributed by atoms with Crippen LogP contribution >= 0.6 is 0 Å². The zero-order chi connectivity index (χ0) is 20.5. The molecular formula is C21H31N3O4. The molecular weight excluding hydrogens is 358 g/mol. The van der Waals surface area contributed by atoms with Gasteiger partial charge in [-0.1, -0.05) is 44.2 Å². The SMILES string of the molecule is CC(C)CNC(=O)N1CCCC(CC(=O)NC(CC(=O)O)c2ccccc2)C1. The first-order valence-electron chi connectivity index (χ1n) is 9.94. The Morgan fingerprint density at radius 2 is 1.93 bits per heavy atom. The number of carboxylic acid groups (broad SMARTS) is 1. The lowest BCUT2D eigenvalue weighted by Crippen LogP contribution is -2.47. The molecule has 1 aliphatic rings. The van der Waals surface area contributed by atoms with Gasteiger partial charge in [-0.05, 0) is 30.2 Å². The maximum absolute atomic E-state index is 12.5. The van der Waals surface area contributed by atoms with E-state index in [0.29, 0.717) is 25.6 Å². The van der Waals surface area contributed by atoms with Crippen LogP contribution < -0.4 is 10.6 Å². The fourth-order valence-electron chi connectivity index (χ4n) is 3.45. The lowest BCUT2D eigenvalue weighted by atomic mass is 9.94. The van der Waals surface area contributed by atoms with E-state index in [1.54, 1.807) is 4.90 Å². The van der Waals surface area contributed by atoms with Crippen LogP contribution in [-0.2, 0) is 9.59 Å². The molecule has 0 bridgehead atoms. The smallest absolute Gasteiger partial charge is 0.317 e. The van der Waals surface area contributed by atoms with Crippen molar-refractivity contribution in [2.24, 2.45) is 11.8 Å². The first-order valence-corrected chi connectivity index (χ1v) is 9.94. The van der Waals surface area contributed by atoms with Crippen LogP contribution in [0.3, 0.4) is 0 Å². The van der Waals surface area contributed by atoms with Crippen LogP contribution in [0.25, 0.3) is 0 Å². The average molecular weight is 389 g/mol. The van der Waals surface area contributed by atoms with Gasteiger partial charge in [0, 0.05) is 26.1 Å². The standard InChI is InChI=1S/C21H31N3O4/c1-15(2)13-22-21(28)24-10-6-7-16(14-24)11-19(25)23-18(12-20(26)27)17-8-4-3-5-9-17/h3-5,8-9,15-16,18H,6-7,10-14H2,1-2H3,(H,22,28)(H,23,25)(H,26,27). The summed E-state index contributed by atoms with van der Waals surface area (Å²) in [6, 6.07) is 8.50. The molecule has 2 rings (SSSR count). The average Bonchev–Trinajstić information content (AvgIpc) is 2.66. The number of urea groups is 1. The molecule has 0 saturated carbocycles. The Bertz CT molecular complexity index is 663. The highest BCUT2D eigenvalue weighted by Crippen LogP contribution is 2.22. The third-order valence-electron chi connectivity index (χ3n) is 4.86. The number of amides is 3. The van der Waals surface area contributed by atoms with Crippen LogP contribution in [0.4, 0.5) is 4.79 Å². The molecule has 0 radical (unpaired) electrons. The molecule has 0 aliphatic carbocycles. The van der Waals surface area contributed by atoms with Crippen LogP contribution in [-0.4, -0.2) is 47.5 Å². The van der Waals surface area contributed by atoms with E-state index in [9.17, 15) is 14.4 Å². The number of nitrogens with one attached hydrogen (secondary N) is 2. The van der Waals surface area contributed by atoms with Gasteiger partial charge in [-0.25, -0.2) is 4.79 Å². The van der Waals surface area contributed by atoms with E-state index < -0.39 is 12.0 Å². The number of likely N-dealkylation sites (tertiary alicyclic amines) is 1. The topological polar surface area (TPSA) is 98.7 Å². The van der Waals surface area contributed by atoms with Crippen LogP contribution in [0.1, 0.15) is 51.1 Å². The summed E-state index contributed by atoms with van der Waals surface area (Å²) in [5.74, 6) is -0.663. The summed E-state index contributed by atoms with van der Waals surface area (Å²) in [7, 11) is 0. The Labute approximate surface area is 166 Å². The lowest BCUT2D eigenvalue weighted by Gasteiger charge is -2.33. The van der Waals surface area contributed by atoms with Gasteiger partial charge in [0.05, 0.1) is 12.5 Å². The Morgan fingerprint density at radius 3 is 2.57 bits per heavy atom. The number of benzene rings is 1. The molecule has 0 aromatic heterocycles. The number of carbonyl (C=O) groups excluding carboxylic acids is 2. The number of hydrogen-bond donors (Lipinski definition) is 3. The second kappa shape index (κ2) is 10.7. The molecule has 1 saturated heterocycles. The summed E-state index contributed by atoms with van der Waals surface area (Å²) in [5.41, 5.74) is 0.775. The number of piperidine rings is 1. The van der Waals surface area contributed by atoms with Crippen molar-refractivity contribution in [1.82, 2.24) is 15.5 Å². The van der Waals surface area contributed by atoms with Gasteiger partial charge < -0.3 is 20.6 Å². The first-order chi connectivity index (χ1) is 13.3. The van der Waals surface area contributed by atoms with E-state index >= 15 is 0 Å². The van der Waals surface area contributed by atoms with Gasteiger partial charge in [0.2, 0.25) is 5.91 Å². The number of hydrogen-bond acceptors (Lipinski definition) is 3. The highest BCUT2D eigenvalue weighted by molar-refractivity contribution is 5.78. The van der Waals surface area contributed by atoms with Crippen molar-refractivity contribution >= 4 is 17.9 Å². The van der Waals surface area contributed by atoms with Gasteiger partial charge in [-0.15, -0.1) is 0 Å². The molecule has 1 aromatic rings. The number of carboxylic acids is 1. The minimum absolute atomic E-state index is 0.0770. The quantitative estimate of drug-likeness (QED) is 0.637. The molecule has 3 N–H and O–H groups in total. The molecule has 1 aliphatic heterocycles. The summed E-state index contributed by atoms with van der Waals surface area (Å²) in [6.07, 6.45) is 1.88. The van der Waals surface area contributed by atoms with E-state index in [0.717, 1.165) is 18.4 Å².